The van der Waals surface area contributed by atoms with Crippen LogP contribution >= 0.6 is 0 Å². The predicted molar refractivity (Wildman–Crippen MR) is 148 cm³/mol. The van der Waals surface area contributed by atoms with E-state index in [0.717, 1.165) is 6.42 Å². The van der Waals surface area contributed by atoms with Crippen molar-refractivity contribution < 1.29 is 0 Å². The van der Waals surface area contributed by atoms with Crippen molar-refractivity contribution in [2.45, 2.75) is 40.2 Å². The normalized spacial score (nSPS) is 14.4. The van der Waals surface area contributed by atoms with Crippen molar-refractivity contribution in [1.29, 1.82) is 0 Å². The van der Waals surface area contributed by atoms with Crippen LogP contribution in [0.2, 0.25) is 0 Å². The fourth-order valence-corrected chi connectivity index (χ4v) is 2.79. The Morgan fingerprint density at radius 2 is 1.41 bits per heavy atom. The van der Waals surface area contributed by atoms with Crippen LogP contribution in [0.3, 0.4) is 0 Å². The lowest BCUT2D eigenvalue weighted by molar-refractivity contribution is 0.390. The van der Waals surface area contributed by atoms with Gasteiger partial charge in [-0.15, -0.1) is 6.58 Å². The molecule has 0 atom stereocenters. The van der Waals surface area contributed by atoms with Crippen molar-refractivity contribution in [3.63, 3.8) is 0 Å². The molecule has 0 radical (unpaired) electrons. The van der Waals surface area contributed by atoms with E-state index < -0.39 is 0 Å². The molecular formula is C29H47N3. The minimum Gasteiger partial charge on any atom is -0.378 e. The van der Waals surface area contributed by atoms with Crippen molar-refractivity contribution in [2.24, 2.45) is 5.92 Å². The van der Waals surface area contributed by atoms with E-state index in [-0.39, 0.29) is 0 Å². The zero-order chi connectivity index (χ0) is 24.8. The molecule has 0 saturated heterocycles. The summed E-state index contributed by atoms with van der Waals surface area (Å²) in [6, 6.07) is 9.10. The van der Waals surface area contributed by atoms with Crippen LogP contribution in [-0.2, 0) is 0 Å². The average Bonchev–Trinajstić information content (AvgIpc) is 2.75. The summed E-state index contributed by atoms with van der Waals surface area (Å²) in [5.41, 5.74) is 7.36. The molecule has 1 aliphatic carbocycles. The smallest absolute Gasteiger partial charge is 0.0462 e. The van der Waals surface area contributed by atoms with Gasteiger partial charge in [-0.25, -0.2) is 0 Å². The Morgan fingerprint density at radius 3 is 1.72 bits per heavy atom. The zero-order valence-electron chi connectivity index (χ0n) is 22.3. The third kappa shape index (κ3) is 10.3. The van der Waals surface area contributed by atoms with Crippen LogP contribution in [0.15, 0.2) is 78.4 Å². The fraction of sp³-hybridized carbons (Fsp3) is 0.448. The first kappa shape index (κ1) is 29.6. The van der Waals surface area contributed by atoms with Gasteiger partial charge >= 0.3 is 0 Å². The second-order valence-corrected chi connectivity index (χ2v) is 8.93. The largest absolute Gasteiger partial charge is 0.378 e. The van der Waals surface area contributed by atoms with Gasteiger partial charge in [-0.1, -0.05) is 69.4 Å². The van der Waals surface area contributed by atoms with Crippen molar-refractivity contribution in [3.05, 3.63) is 84.0 Å². The van der Waals surface area contributed by atoms with Gasteiger partial charge in [0.1, 0.15) is 0 Å². The highest BCUT2D eigenvalue weighted by Crippen LogP contribution is 2.33. The second-order valence-electron chi connectivity index (χ2n) is 8.93. The lowest BCUT2D eigenvalue weighted by Gasteiger charge is -2.23. The van der Waals surface area contributed by atoms with Gasteiger partial charge in [-0.05, 0) is 81.9 Å². The lowest BCUT2D eigenvalue weighted by Crippen LogP contribution is -2.24. The summed E-state index contributed by atoms with van der Waals surface area (Å²) in [7, 11) is 12.1. The standard InChI is InChI=1S/C22H30N2.C5H10.C2H7N/c1-16(2)17(3)22(18-8-12-20(13-9-18)23(4)5)19-10-14-21(15-11-19)24(6)7;1-4-5(2)3;1-3-2/h8-16,20H,3H2,1-2,4-7H3;2,4H2,1,3H3;3H,1-2H3. The molecule has 32 heavy (non-hydrogen) atoms. The van der Waals surface area contributed by atoms with Gasteiger partial charge in [-0.2, -0.15) is 0 Å². The van der Waals surface area contributed by atoms with E-state index in [1.165, 1.54) is 33.5 Å². The molecule has 1 aromatic carbocycles. The summed E-state index contributed by atoms with van der Waals surface area (Å²) >= 11 is 0. The Morgan fingerprint density at radius 1 is 0.969 bits per heavy atom. The van der Waals surface area contributed by atoms with Crippen LogP contribution in [0.5, 0.6) is 0 Å². The maximum Gasteiger partial charge on any atom is 0.0462 e. The maximum atomic E-state index is 4.37. The third-order valence-corrected chi connectivity index (χ3v) is 5.12. The molecule has 1 aliphatic rings. The number of allylic oxidation sites excluding steroid dienone is 6. The number of anilines is 1. The number of hydrogen-bond donors (Lipinski definition) is 1. The van der Waals surface area contributed by atoms with Crippen molar-refractivity contribution in [3.8, 4) is 0 Å². The van der Waals surface area contributed by atoms with E-state index in [4.69, 9.17) is 0 Å². The van der Waals surface area contributed by atoms with Crippen LogP contribution in [0.4, 0.5) is 5.69 Å². The van der Waals surface area contributed by atoms with Crippen LogP contribution in [0, 0.1) is 5.92 Å². The molecule has 2 rings (SSSR count). The first-order valence-corrected chi connectivity index (χ1v) is 11.5. The molecule has 0 unspecified atom stereocenters. The van der Waals surface area contributed by atoms with Crippen LogP contribution in [-0.4, -0.2) is 53.2 Å². The molecule has 178 valence electrons. The zero-order valence-corrected chi connectivity index (χ0v) is 22.3. The monoisotopic (exact) mass is 437 g/mol. The SMILES string of the molecule is C=C(C(=C1C=CC(N(C)C)C=C1)c1ccc(N(C)C)cc1)C(C)C.C=C(C)CC.CNC. The molecular weight excluding hydrogens is 390 g/mol. The summed E-state index contributed by atoms with van der Waals surface area (Å²) < 4.78 is 0. The van der Waals surface area contributed by atoms with Crippen molar-refractivity contribution in [1.82, 2.24) is 10.2 Å². The van der Waals surface area contributed by atoms with E-state index >= 15 is 0 Å². The highest BCUT2D eigenvalue weighted by molar-refractivity contribution is 5.85. The average molecular weight is 438 g/mol. The van der Waals surface area contributed by atoms with E-state index in [2.05, 4.69) is 126 Å². The fourth-order valence-electron chi connectivity index (χ4n) is 2.79. The van der Waals surface area contributed by atoms with Crippen molar-refractivity contribution in [2.75, 3.05) is 47.2 Å². The molecule has 0 heterocycles. The van der Waals surface area contributed by atoms with Gasteiger partial charge < -0.3 is 10.2 Å². The van der Waals surface area contributed by atoms with E-state index in [1.54, 1.807) is 0 Å². The third-order valence-electron chi connectivity index (χ3n) is 5.12. The lowest BCUT2D eigenvalue weighted by atomic mass is 9.86. The van der Waals surface area contributed by atoms with Gasteiger partial charge in [0.05, 0.1) is 0 Å². The van der Waals surface area contributed by atoms with Gasteiger partial charge in [0.25, 0.3) is 0 Å². The molecule has 3 nitrogen and oxygen atoms in total. The molecule has 0 aromatic heterocycles. The second kappa shape index (κ2) is 15.4. The molecule has 1 aromatic rings. The summed E-state index contributed by atoms with van der Waals surface area (Å²) in [6.45, 7) is 16.6. The molecule has 1 N–H and O–H groups in total. The van der Waals surface area contributed by atoms with Crippen LogP contribution < -0.4 is 10.2 Å². The molecule has 0 fully saturated rings. The molecule has 0 saturated carbocycles. The van der Waals surface area contributed by atoms with E-state index in [9.17, 15) is 0 Å². The van der Waals surface area contributed by atoms with Crippen LogP contribution in [0.25, 0.3) is 5.57 Å². The molecule has 3 heteroatoms. The molecule has 0 bridgehead atoms. The van der Waals surface area contributed by atoms with Gasteiger partial charge in [0, 0.05) is 25.8 Å². The number of rotatable bonds is 6. The van der Waals surface area contributed by atoms with E-state index in [1.807, 2.05) is 21.0 Å². The number of nitrogens with zero attached hydrogens (tertiary/aromatic N) is 2. The van der Waals surface area contributed by atoms with Crippen LogP contribution in [0.1, 0.15) is 39.7 Å². The summed E-state index contributed by atoms with van der Waals surface area (Å²) in [5, 5.41) is 2.75. The highest BCUT2D eigenvalue weighted by Gasteiger charge is 2.16. The Kier molecular flexibility index (Phi) is 14.3. The van der Waals surface area contributed by atoms with Gasteiger partial charge in [0.2, 0.25) is 0 Å². The quantitative estimate of drug-likeness (QED) is 0.507. The topological polar surface area (TPSA) is 18.5 Å². The molecule has 0 aliphatic heterocycles. The Labute approximate surface area is 198 Å². The molecule has 0 amide bonds. The minimum absolute atomic E-state index is 0.360. The maximum absolute atomic E-state index is 4.37. The van der Waals surface area contributed by atoms with Crippen molar-refractivity contribution >= 4 is 11.3 Å². The number of benzene rings is 1. The summed E-state index contributed by atoms with van der Waals surface area (Å²) in [5.74, 6) is 0.411. The number of likely N-dealkylation sites (N-methyl/N-ethyl adjacent to an activating group) is 1. The van der Waals surface area contributed by atoms with Gasteiger partial charge in [0.15, 0.2) is 0 Å². The number of nitrogens with one attached hydrogen (secondary N) is 1. The first-order chi connectivity index (χ1) is 15.0. The summed E-state index contributed by atoms with van der Waals surface area (Å²) in [4.78, 5) is 4.32. The number of hydrogen-bond acceptors (Lipinski definition) is 3. The molecule has 0 spiro atoms. The highest BCUT2D eigenvalue weighted by atomic mass is 15.1. The Bertz CT molecular complexity index is 774. The minimum atomic E-state index is 0.360. The summed E-state index contributed by atoms with van der Waals surface area (Å²) in [6.07, 6.45) is 10.1. The first-order valence-electron chi connectivity index (χ1n) is 11.5. The predicted octanol–water partition coefficient (Wildman–Crippen LogP) is 6.58. The Balaban J connectivity index is 0.00000104. The van der Waals surface area contributed by atoms with E-state index in [0.29, 0.717) is 12.0 Å². The Hall–Kier alpha value is -2.36. The van der Waals surface area contributed by atoms with Gasteiger partial charge in [-0.3, -0.25) is 4.90 Å².